The van der Waals surface area contributed by atoms with Gasteiger partial charge in [0.1, 0.15) is 0 Å². The van der Waals surface area contributed by atoms with Gasteiger partial charge in [0.15, 0.2) is 6.20 Å². The Morgan fingerprint density at radius 3 is 2.58 bits per heavy atom. The van der Waals surface area contributed by atoms with Gasteiger partial charge in [-0.1, -0.05) is 44.7 Å². The SMILES string of the molecule is C=C1C2(CC)c3cccc4ccc5c6c(c[n+](c5c34)C12CC)C1CC2CCC3CC6C231. The van der Waals surface area contributed by atoms with Crippen molar-refractivity contribution in [3.8, 4) is 0 Å². The molecule has 4 fully saturated rings. The van der Waals surface area contributed by atoms with E-state index in [2.05, 4.69) is 54.9 Å². The molecule has 9 rings (SSSR count). The van der Waals surface area contributed by atoms with E-state index in [0.717, 1.165) is 36.5 Å². The fourth-order valence-corrected chi connectivity index (χ4v) is 11.0. The van der Waals surface area contributed by atoms with Gasteiger partial charge in [-0.2, -0.15) is 4.57 Å². The summed E-state index contributed by atoms with van der Waals surface area (Å²) >= 11 is 0. The second-order valence-electron chi connectivity index (χ2n) is 11.7. The first-order valence-corrected chi connectivity index (χ1v) is 12.8. The number of allylic oxidation sites excluding steroid dienone is 1. The van der Waals surface area contributed by atoms with Gasteiger partial charge in [0, 0.05) is 17.6 Å². The van der Waals surface area contributed by atoms with Crippen LogP contribution in [-0.4, -0.2) is 0 Å². The van der Waals surface area contributed by atoms with Crippen LogP contribution in [0, 0.1) is 17.3 Å². The Balaban J connectivity index is 1.48. The van der Waals surface area contributed by atoms with E-state index in [1.54, 1.807) is 22.1 Å². The fourth-order valence-electron chi connectivity index (χ4n) is 11.0. The second-order valence-corrected chi connectivity index (χ2v) is 11.7. The average molecular weight is 405 g/mol. The lowest BCUT2D eigenvalue weighted by molar-refractivity contribution is -0.717. The lowest BCUT2D eigenvalue weighted by Gasteiger charge is -2.62. The lowest BCUT2D eigenvalue weighted by atomic mass is 9.41. The third-order valence-electron chi connectivity index (χ3n) is 11.9. The molecular formula is C30H30N+. The summed E-state index contributed by atoms with van der Waals surface area (Å²) in [5.41, 5.74) is 8.94. The van der Waals surface area contributed by atoms with Crippen molar-refractivity contribution in [2.24, 2.45) is 17.3 Å². The minimum atomic E-state index is 0.0786. The molecule has 0 N–H and O–H groups in total. The average Bonchev–Trinajstić information content (AvgIpc) is 3.20. The molecule has 1 heteroatoms. The summed E-state index contributed by atoms with van der Waals surface area (Å²) in [4.78, 5) is 0. The first-order chi connectivity index (χ1) is 15.2. The predicted molar refractivity (Wildman–Crippen MR) is 124 cm³/mol. The molecule has 1 nitrogen and oxygen atoms in total. The Kier molecular flexibility index (Phi) is 2.39. The first-order valence-electron chi connectivity index (χ1n) is 12.8. The molecule has 0 saturated heterocycles. The van der Waals surface area contributed by atoms with Gasteiger partial charge in [-0.15, -0.1) is 0 Å². The highest BCUT2D eigenvalue weighted by Crippen LogP contribution is 2.85. The van der Waals surface area contributed by atoms with Crippen molar-refractivity contribution in [2.45, 2.75) is 75.2 Å². The molecule has 1 spiro atoms. The molecule has 3 aromatic rings. The fraction of sp³-hybridized carbons (Fsp3) is 0.500. The van der Waals surface area contributed by atoms with E-state index in [0.29, 0.717) is 5.41 Å². The van der Waals surface area contributed by atoms with Gasteiger partial charge in [0.25, 0.3) is 0 Å². The number of rotatable bonds is 2. The van der Waals surface area contributed by atoms with Gasteiger partial charge in [-0.3, -0.25) is 0 Å². The van der Waals surface area contributed by atoms with E-state index in [1.165, 1.54) is 47.5 Å². The molecule has 2 aromatic carbocycles. The van der Waals surface area contributed by atoms with Crippen molar-refractivity contribution >= 4 is 21.7 Å². The maximum Gasteiger partial charge on any atom is 0.221 e. The third kappa shape index (κ3) is 1.23. The number of aromatic nitrogens is 1. The van der Waals surface area contributed by atoms with Gasteiger partial charge >= 0.3 is 0 Å². The van der Waals surface area contributed by atoms with Gasteiger partial charge in [-0.25, -0.2) is 0 Å². The normalized spacial score (nSPS) is 44.0. The Hall–Kier alpha value is -2.15. The molecule has 7 unspecified atom stereocenters. The van der Waals surface area contributed by atoms with Gasteiger partial charge in [-0.05, 0) is 83.8 Å². The molecule has 6 aliphatic rings. The quantitative estimate of drug-likeness (QED) is 0.257. The first kappa shape index (κ1) is 16.5. The molecule has 5 aliphatic carbocycles. The maximum atomic E-state index is 4.75. The zero-order valence-electron chi connectivity index (χ0n) is 18.7. The molecule has 4 saturated carbocycles. The van der Waals surface area contributed by atoms with Crippen LogP contribution in [0.15, 0.2) is 48.7 Å². The molecular weight excluding hydrogens is 374 g/mol. The summed E-state index contributed by atoms with van der Waals surface area (Å²) in [5.74, 6) is 3.72. The molecule has 154 valence electrons. The monoisotopic (exact) mass is 404 g/mol. The van der Waals surface area contributed by atoms with Crippen molar-refractivity contribution in [1.82, 2.24) is 0 Å². The van der Waals surface area contributed by atoms with Crippen LogP contribution in [0.2, 0.25) is 0 Å². The van der Waals surface area contributed by atoms with Crippen molar-refractivity contribution in [3.63, 3.8) is 0 Å². The van der Waals surface area contributed by atoms with Crippen molar-refractivity contribution < 1.29 is 4.57 Å². The Labute approximate surface area is 184 Å². The van der Waals surface area contributed by atoms with Crippen molar-refractivity contribution in [2.75, 3.05) is 0 Å². The van der Waals surface area contributed by atoms with Crippen LogP contribution in [-0.2, 0) is 11.0 Å². The molecule has 2 heterocycles. The number of hydrogen-bond donors (Lipinski definition) is 0. The Morgan fingerprint density at radius 2 is 1.81 bits per heavy atom. The van der Waals surface area contributed by atoms with Crippen LogP contribution in [0.25, 0.3) is 21.7 Å². The summed E-state index contributed by atoms with van der Waals surface area (Å²) in [7, 11) is 0. The van der Waals surface area contributed by atoms with E-state index in [4.69, 9.17) is 6.58 Å². The number of benzene rings is 2. The zero-order valence-corrected chi connectivity index (χ0v) is 18.7. The zero-order chi connectivity index (χ0) is 20.5. The smallest absolute Gasteiger partial charge is 0.187 e. The topological polar surface area (TPSA) is 3.88 Å². The van der Waals surface area contributed by atoms with E-state index < -0.39 is 0 Å². The third-order valence-corrected chi connectivity index (χ3v) is 11.9. The predicted octanol–water partition coefficient (Wildman–Crippen LogP) is 6.62. The molecule has 31 heavy (non-hydrogen) atoms. The molecule has 1 aromatic heterocycles. The highest BCUT2D eigenvalue weighted by atomic mass is 15.2. The van der Waals surface area contributed by atoms with E-state index in [9.17, 15) is 0 Å². The van der Waals surface area contributed by atoms with E-state index in [-0.39, 0.29) is 11.0 Å². The number of hydrogen-bond acceptors (Lipinski definition) is 0. The minimum Gasteiger partial charge on any atom is -0.187 e. The summed E-state index contributed by atoms with van der Waals surface area (Å²) in [6, 6.07) is 12.0. The summed E-state index contributed by atoms with van der Waals surface area (Å²) in [6.07, 6.45) is 10.9. The Morgan fingerprint density at radius 1 is 1.00 bits per heavy atom. The summed E-state index contributed by atoms with van der Waals surface area (Å²) < 4.78 is 2.78. The second kappa shape index (κ2) is 4.49. The van der Waals surface area contributed by atoms with Gasteiger partial charge in [0.2, 0.25) is 11.1 Å². The van der Waals surface area contributed by atoms with Crippen LogP contribution in [0.5, 0.6) is 0 Å². The maximum absolute atomic E-state index is 4.75. The standard InChI is InChI=1S/C30H30N/c1-4-28-16(3)29(28,5-2)31-15-21-23-13-18-10-11-19-14-24(30(18,19)23)26(21)20-12-9-17-7-6-8-22(28)25(17)27(20)31/h6-9,12,15,18-19,23-24H,3-5,10-11,13-14H2,1-2H3/q+1. The van der Waals surface area contributed by atoms with E-state index >= 15 is 0 Å². The minimum absolute atomic E-state index is 0.0786. The Bertz CT molecular complexity index is 1420. The number of fused-ring (bicyclic) bond motifs is 7. The molecule has 0 amide bonds. The lowest BCUT2D eigenvalue weighted by Crippen LogP contribution is -2.55. The van der Waals surface area contributed by atoms with Crippen LogP contribution in [0.1, 0.15) is 80.9 Å². The van der Waals surface area contributed by atoms with Gasteiger partial charge in [0.05, 0.1) is 16.2 Å². The van der Waals surface area contributed by atoms with Crippen molar-refractivity contribution in [1.29, 1.82) is 0 Å². The molecule has 1 aliphatic heterocycles. The van der Waals surface area contributed by atoms with Crippen molar-refractivity contribution in [3.05, 3.63) is 65.4 Å². The summed E-state index contributed by atoms with van der Waals surface area (Å²) in [5, 5.41) is 4.54. The largest absolute Gasteiger partial charge is 0.221 e. The summed E-state index contributed by atoms with van der Waals surface area (Å²) in [6.45, 7) is 9.54. The highest BCUT2D eigenvalue weighted by molar-refractivity contribution is 6.09. The molecule has 7 atom stereocenters. The van der Waals surface area contributed by atoms with Crippen LogP contribution >= 0.6 is 0 Å². The molecule has 0 bridgehead atoms. The van der Waals surface area contributed by atoms with Crippen LogP contribution in [0.3, 0.4) is 0 Å². The highest BCUT2D eigenvalue weighted by Gasteiger charge is 2.81. The van der Waals surface area contributed by atoms with Crippen LogP contribution < -0.4 is 4.57 Å². The van der Waals surface area contributed by atoms with E-state index in [1.807, 2.05) is 0 Å². The van der Waals surface area contributed by atoms with Gasteiger partial charge < -0.3 is 0 Å². The van der Waals surface area contributed by atoms with Crippen LogP contribution in [0.4, 0.5) is 0 Å². The molecule has 0 radical (unpaired) electrons. The number of nitrogens with zero attached hydrogens (tertiary/aromatic N) is 1. The number of pyridine rings is 1.